The predicted octanol–water partition coefficient (Wildman–Crippen LogP) is 2.81. The second-order valence-corrected chi connectivity index (χ2v) is 4.50. The molecular weight excluding hydrogens is 244 g/mol. The van der Waals surface area contributed by atoms with Gasteiger partial charge in [-0.1, -0.05) is 0 Å². The maximum Gasteiger partial charge on any atom is 0.269 e. The van der Waals surface area contributed by atoms with Crippen molar-refractivity contribution in [2.75, 3.05) is 5.32 Å². The van der Waals surface area contributed by atoms with Crippen molar-refractivity contribution in [2.24, 2.45) is 7.05 Å². The van der Waals surface area contributed by atoms with E-state index in [0.29, 0.717) is 0 Å². The summed E-state index contributed by atoms with van der Waals surface area (Å²) in [6.07, 6.45) is 1.75. The average Bonchev–Trinajstić information content (AvgIpc) is 2.77. The Bertz CT molecular complexity index is 606. The van der Waals surface area contributed by atoms with Crippen LogP contribution in [-0.2, 0) is 7.05 Å². The van der Waals surface area contributed by atoms with Crippen LogP contribution >= 0.6 is 0 Å². The first-order valence-electron chi connectivity index (χ1n) is 5.98. The van der Waals surface area contributed by atoms with E-state index in [4.69, 9.17) is 0 Å². The van der Waals surface area contributed by atoms with E-state index in [0.717, 1.165) is 16.9 Å². The molecule has 0 aliphatic heterocycles. The zero-order valence-corrected chi connectivity index (χ0v) is 11.1. The van der Waals surface area contributed by atoms with Crippen molar-refractivity contribution in [3.63, 3.8) is 0 Å². The normalized spacial score (nSPS) is 12.2. The number of benzene rings is 1. The van der Waals surface area contributed by atoms with Gasteiger partial charge in [0, 0.05) is 31.1 Å². The second-order valence-electron chi connectivity index (χ2n) is 4.50. The van der Waals surface area contributed by atoms with Crippen LogP contribution in [0.25, 0.3) is 0 Å². The molecule has 1 aromatic carbocycles. The monoisotopic (exact) mass is 260 g/mol. The number of hydrogen-bond acceptors (Lipinski definition) is 4. The lowest BCUT2D eigenvalue weighted by atomic mass is 10.1. The van der Waals surface area contributed by atoms with Gasteiger partial charge in [0.05, 0.1) is 16.7 Å². The minimum atomic E-state index is -0.388. The van der Waals surface area contributed by atoms with Gasteiger partial charge in [0.2, 0.25) is 0 Å². The highest BCUT2D eigenvalue weighted by atomic mass is 16.6. The molecular formula is C13H16N4O2. The van der Waals surface area contributed by atoms with Crippen LogP contribution in [0.5, 0.6) is 0 Å². The molecule has 1 N–H and O–H groups in total. The van der Waals surface area contributed by atoms with Gasteiger partial charge in [-0.3, -0.25) is 14.8 Å². The highest BCUT2D eigenvalue weighted by Gasteiger charge is 2.12. The molecule has 0 aliphatic rings. The van der Waals surface area contributed by atoms with E-state index in [-0.39, 0.29) is 16.7 Å². The van der Waals surface area contributed by atoms with E-state index in [9.17, 15) is 10.1 Å². The highest BCUT2D eigenvalue weighted by Crippen LogP contribution is 2.25. The maximum atomic E-state index is 10.7. The molecule has 19 heavy (non-hydrogen) atoms. The number of nitrogens with one attached hydrogen (secondary N) is 1. The third-order valence-electron chi connectivity index (χ3n) is 3.10. The summed E-state index contributed by atoms with van der Waals surface area (Å²) in [5.41, 5.74) is 2.90. The van der Waals surface area contributed by atoms with Crippen molar-refractivity contribution in [3.05, 3.63) is 51.8 Å². The number of rotatable bonds is 4. The van der Waals surface area contributed by atoms with Crippen LogP contribution in [0.1, 0.15) is 24.2 Å². The second kappa shape index (κ2) is 5.09. The lowest BCUT2D eigenvalue weighted by Crippen LogP contribution is -2.12. The fourth-order valence-corrected chi connectivity index (χ4v) is 2.04. The van der Waals surface area contributed by atoms with Crippen molar-refractivity contribution in [1.82, 2.24) is 9.78 Å². The van der Waals surface area contributed by atoms with Gasteiger partial charge < -0.3 is 5.32 Å². The number of hydrogen-bond donors (Lipinski definition) is 1. The summed E-state index contributed by atoms with van der Waals surface area (Å²) >= 11 is 0. The van der Waals surface area contributed by atoms with Crippen LogP contribution in [0.4, 0.5) is 11.4 Å². The van der Waals surface area contributed by atoms with Gasteiger partial charge >= 0.3 is 0 Å². The average molecular weight is 260 g/mol. The highest BCUT2D eigenvalue weighted by molar-refractivity contribution is 5.56. The minimum absolute atomic E-state index is 0.0765. The largest absolute Gasteiger partial charge is 0.377 e. The van der Waals surface area contributed by atoms with Crippen LogP contribution in [-0.4, -0.2) is 14.7 Å². The number of aryl methyl sites for hydroxylation is 2. The molecule has 2 aromatic rings. The number of non-ortho nitro benzene ring substituents is 1. The maximum absolute atomic E-state index is 10.7. The Kier molecular flexibility index (Phi) is 3.50. The quantitative estimate of drug-likeness (QED) is 0.677. The van der Waals surface area contributed by atoms with Crippen molar-refractivity contribution in [3.8, 4) is 0 Å². The Morgan fingerprint density at radius 3 is 2.68 bits per heavy atom. The van der Waals surface area contributed by atoms with Crippen molar-refractivity contribution >= 4 is 11.4 Å². The van der Waals surface area contributed by atoms with Crippen molar-refractivity contribution in [1.29, 1.82) is 0 Å². The first-order valence-corrected chi connectivity index (χ1v) is 5.98. The Labute approximate surface area is 111 Å². The fraction of sp³-hybridized carbons (Fsp3) is 0.308. The zero-order chi connectivity index (χ0) is 14.0. The van der Waals surface area contributed by atoms with Gasteiger partial charge in [0.15, 0.2) is 0 Å². The SMILES string of the molecule is Cc1cc([N+](=O)[O-])ccc1NC(C)c1ccnn1C. The lowest BCUT2D eigenvalue weighted by Gasteiger charge is -2.17. The molecule has 1 unspecified atom stereocenters. The van der Waals surface area contributed by atoms with Crippen LogP contribution in [0.3, 0.4) is 0 Å². The topological polar surface area (TPSA) is 73.0 Å². The molecule has 0 radical (unpaired) electrons. The smallest absolute Gasteiger partial charge is 0.269 e. The van der Waals surface area contributed by atoms with Crippen LogP contribution in [0.2, 0.25) is 0 Å². The lowest BCUT2D eigenvalue weighted by molar-refractivity contribution is -0.384. The standard InChI is InChI=1S/C13H16N4O2/c1-9-8-11(17(18)19)4-5-12(9)15-10(2)13-6-7-14-16(13)3/h4-8,10,15H,1-3H3. The molecule has 0 bridgehead atoms. The number of nitro benzene ring substituents is 1. The Balaban J connectivity index is 2.20. The molecule has 100 valence electrons. The first kappa shape index (κ1) is 13.1. The number of aromatic nitrogens is 2. The molecule has 6 nitrogen and oxygen atoms in total. The molecule has 0 saturated heterocycles. The molecule has 0 spiro atoms. The Morgan fingerprint density at radius 1 is 1.42 bits per heavy atom. The van der Waals surface area contributed by atoms with E-state index in [1.807, 2.05) is 27.0 Å². The molecule has 0 aliphatic carbocycles. The third kappa shape index (κ3) is 2.73. The Morgan fingerprint density at radius 2 is 2.16 bits per heavy atom. The summed E-state index contributed by atoms with van der Waals surface area (Å²) in [5.74, 6) is 0. The number of nitro groups is 1. The van der Waals surface area contributed by atoms with Gasteiger partial charge in [0.1, 0.15) is 0 Å². The number of anilines is 1. The predicted molar refractivity (Wildman–Crippen MR) is 73.1 cm³/mol. The van der Waals surface area contributed by atoms with Crippen LogP contribution in [0.15, 0.2) is 30.5 Å². The summed E-state index contributed by atoms with van der Waals surface area (Å²) in [7, 11) is 1.89. The van der Waals surface area contributed by atoms with Gasteiger partial charge in [-0.2, -0.15) is 5.10 Å². The molecule has 6 heteroatoms. The summed E-state index contributed by atoms with van der Waals surface area (Å²) < 4.78 is 1.80. The Hall–Kier alpha value is -2.37. The molecule has 0 amide bonds. The van der Waals surface area contributed by atoms with Gasteiger partial charge in [0.25, 0.3) is 5.69 Å². The van der Waals surface area contributed by atoms with E-state index in [1.165, 1.54) is 6.07 Å². The first-order chi connectivity index (χ1) is 8.99. The van der Waals surface area contributed by atoms with E-state index in [2.05, 4.69) is 10.4 Å². The van der Waals surface area contributed by atoms with Crippen LogP contribution < -0.4 is 5.32 Å². The van der Waals surface area contributed by atoms with E-state index in [1.54, 1.807) is 23.0 Å². The minimum Gasteiger partial charge on any atom is -0.377 e. The molecule has 0 fully saturated rings. The summed E-state index contributed by atoms with van der Waals surface area (Å²) in [6, 6.07) is 6.83. The van der Waals surface area contributed by atoms with Crippen molar-refractivity contribution < 1.29 is 4.92 Å². The van der Waals surface area contributed by atoms with E-state index >= 15 is 0 Å². The van der Waals surface area contributed by atoms with Crippen LogP contribution in [0, 0.1) is 17.0 Å². The molecule has 0 saturated carbocycles. The molecule has 1 aromatic heterocycles. The van der Waals surface area contributed by atoms with Gasteiger partial charge in [-0.25, -0.2) is 0 Å². The molecule has 1 heterocycles. The molecule has 2 rings (SSSR count). The van der Waals surface area contributed by atoms with E-state index < -0.39 is 0 Å². The van der Waals surface area contributed by atoms with Gasteiger partial charge in [-0.15, -0.1) is 0 Å². The third-order valence-corrected chi connectivity index (χ3v) is 3.10. The van der Waals surface area contributed by atoms with Gasteiger partial charge in [-0.05, 0) is 31.5 Å². The van der Waals surface area contributed by atoms with Crippen molar-refractivity contribution in [2.45, 2.75) is 19.9 Å². The zero-order valence-electron chi connectivity index (χ0n) is 11.1. The summed E-state index contributed by atoms with van der Waals surface area (Å²) in [5, 5.41) is 18.2. The summed E-state index contributed by atoms with van der Waals surface area (Å²) in [4.78, 5) is 10.3. The molecule has 1 atom stereocenters. The summed E-state index contributed by atoms with van der Waals surface area (Å²) in [6.45, 7) is 3.88. The number of nitrogens with zero attached hydrogens (tertiary/aromatic N) is 3. The fourth-order valence-electron chi connectivity index (χ4n) is 2.04.